The standard InChI is InChI=1S/C24H31N5O4/c1-29(17-18-6-3-2-4-7-18)24(32)25-14-13-22(30)27-19-9-11-20(12-10-19)28-23(31)26-16-21-8-5-15-33-21/h2-4,6-7,9-12,21H,5,8,13-17H2,1H3,(H,25,32)(H,27,30)(H2,26,28,31). The molecule has 0 radical (unpaired) electrons. The van der Waals surface area contributed by atoms with Crippen LogP contribution >= 0.6 is 0 Å². The molecule has 0 aliphatic carbocycles. The second-order valence-electron chi connectivity index (χ2n) is 7.92. The molecular formula is C24H31N5O4. The Balaban J connectivity index is 1.32. The Kier molecular flexibility index (Phi) is 9.08. The predicted molar refractivity (Wildman–Crippen MR) is 127 cm³/mol. The van der Waals surface area contributed by atoms with Gasteiger partial charge in [0.05, 0.1) is 6.10 Å². The van der Waals surface area contributed by atoms with Gasteiger partial charge >= 0.3 is 12.1 Å². The summed E-state index contributed by atoms with van der Waals surface area (Å²) in [5.41, 5.74) is 2.26. The van der Waals surface area contributed by atoms with Crippen molar-refractivity contribution in [1.29, 1.82) is 0 Å². The number of rotatable bonds is 9. The second-order valence-corrected chi connectivity index (χ2v) is 7.92. The number of hydrogen-bond acceptors (Lipinski definition) is 4. The monoisotopic (exact) mass is 453 g/mol. The first-order valence-electron chi connectivity index (χ1n) is 11.1. The quantitative estimate of drug-likeness (QED) is 0.467. The summed E-state index contributed by atoms with van der Waals surface area (Å²) in [7, 11) is 1.71. The van der Waals surface area contributed by atoms with Crippen molar-refractivity contribution >= 4 is 29.3 Å². The number of nitrogens with one attached hydrogen (secondary N) is 4. The fourth-order valence-electron chi connectivity index (χ4n) is 3.39. The highest BCUT2D eigenvalue weighted by molar-refractivity contribution is 5.92. The molecule has 1 atom stereocenters. The van der Waals surface area contributed by atoms with E-state index in [2.05, 4.69) is 21.3 Å². The van der Waals surface area contributed by atoms with Crippen LogP contribution in [-0.4, -0.2) is 55.7 Å². The Morgan fingerprint density at radius 1 is 0.970 bits per heavy atom. The molecule has 1 aliphatic rings. The van der Waals surface area contributed by atoms with E-state index in [9.17, 15) is 14.4 Å². The summed E-state index contributed by atoms with van der Waals surface area (Å²) in [4.78, 5) is 37.9. The fraction of sp³-hybridized carbons (Fsp3) is 0.375. The van der Waals surface area contributed by atoms with Gasteiger partial charge in [-0.15, -0.1) is 0 Å². The number of anilines is 2. The summed E-state index contributed by atoms with van der Waals surface area (Å²) < 4.78 is 5.47. The maximum Gasteiger partial charge on any atom is 0.319 e. The molecule has 2 aromatic rings. The molecule has 1 unspecified atom stereocenters. The first-order valence-corrected chi connectivity index (χ1v) is 11.1. The van der Waals surface area contributed by atoms with Gasteiger partial charge in [0.25, 0.3) is 0 Å². The molecule has 0 spiro atoms. The molecule has 2 aromatic carbocycles. The number of urea groups is 2. The van der Waals surface area contributed by atoms with E-state index in [0.717, 1.165) is 25.0 Å². The largest absolute Gasteiger partial charge is 0.376 e. The number of carbonyl (C=O) groups excluding carboxylic acids is 3. The van der Waals surface area contributed by atoms with Crippen molar-refractivity contribution in [2.45, 2.75) is 31.9 Å². The fourth-order valence-corrected chi connectivity index (χ4v) is 3.39. The molecule has 0 saturated carbocycles. The number of ether oxygens (including phenoxy) is 1. The SMILES string of the molecule is CN(Cc1ccccc1)C(=O)NCCC(=O)Nc1ccc(NC(=O)NCC2CCCO2)cc1. The molecule has 5 amide bonds. The number of amides is 5. The van der Waals surface area contributed by atoms with E-state index in [1.165, 1.54) is 0 Å². The number of carbonyl (C=O) groups is 3. The van der Waals surface area contributed by atoms with Crippen molar-refractivity contribution in [3.05, 3.63) is 60.2 Å². The molecule has 0 aromatic heterocycles. The zero-order valence-corrected chi connectivity index (χ0v) is 18.8. The van der Waals surface area contributed by atoms with E-state index in [1.54, 1.807) is 36.2 Å². The Bertz CT molecular complexity index is 914. The summed E-state index contributed by atoms with van der Waals surface area (Å²) >= 11 is 0. The molecule has 1 heterocycles. The third kappa shape index (κ3) is 8.46. The van der Waals surface area contributed by atoms with Crippen molar-refractivity contribution in [3.63, 3.8) is 0 Å². The van der Waals surface area contributed by atoms with E-state index in [-0.39, 0.29) is 37.0 Å². The lowest BCUT2D eigenvalue weighted by Gasteiger charge is -2.18. The minimum absolute atomic E-state index is 0.0855. The molecule has 176 valence electrons. The molecule has 1 aliphatic heterocycles. The van der Waals surface area contributed by atoms with E-state index >= 15 is 0 Å². The number of nitrogens with zero attached hydrogens (tertiary/aromatic N) is 1. The Morgan fingerprint density at radius 2 is 1.67 bits per heavy atom. The third-order valence-corrected chi connectivity index (χ3v) is 5.18. The molecule has 33 heavy (non-hydrogen) atoms. The summed E-state index contributed by atoms with van der Waals surface area (Å²) in [5.74, 6) is -0.212. The maximum absolute atomic E-state index is 12.2. The van der Waals surface area contributed by atoms with Gasteiger partial charge in [0.2, 0.25) is 5.91 Å². The van der Waals surface area contributed by atoms with E-state index in [4.69, 9.17) is 4.74 Å². The van der Waals surface area contributed by atoms with Gasteiger partial charge in [0.1, 0.15) is 0 Å². The lowest BCUT2D eigenvalue weighted by Crippen LogP contribution is -2.38. The Labute approximate surface area is 193 Å². The minimum Gasteiger partial charge on any atom is -0.376 e. The molecule has 3 rings (SSSR count). The summed E-state index contributed by atoms with van der Waals surface area (Å²) in [6.07, 6.45) is 2.22. The van der Waals surface area contributed by atoms with Crippen LogP contribution in [0.1, 0.15) is 24.8 Å². The molecular weight excluding hydrogens is 422 g/mol. The van der Waals surface area contributed by atoms with Gasteiger partial charge in [0, 0.05) is 51.1 Å². The topological polar surface area (TPSA) is 112 Å². The summed E-state index contributed by atoms with van der Waals surface area (Å²) in [6, 6.07) is 16.0. The van der Waals surface area contributed by atoms with Crippen LogP contribution in [0.5, 0.6) is 0 Å². The van der Waals surface area contributed by atoms with Gasteiger partial charge in [-0.1, -0.05) is 30.3 Å². The summed E-state index contributed by atoms with van der Waals surface area (Å²) in [5, 5.41) is 11.1. The molecule has 9 heteroatoms. The van der Waals surface area contributed by atoms with Gasteiger partial charge < -0.3 is 30.9 Å². The highest BCUT2D eigenvalue weighted by Crippen LogP contribution is 2.14. The smallest absolute Gasteiger partial charge is 0.319 e. The Hall–Kier alpha value is -3.59. The van der Waals surface area contributed by atoms with Crippen molar-refractivity contribution in [2.24, 2.45) is 0 Å². The molecule has 9 nitrogen and oxygen atoms in total. The van der Waals surface area contributed by atoms with Crippen LogP contribution in [0.25, 0.3) is 0 Å². The normalized spacial score (nSPS) is 14.9. The first kappa shape index (κ1) is 24.1. The second kappa shape index (κ2) is 12.4. The van der Waals surface area contributed by atoms with Crippen LogP contribution in [0.2, 0.25) is 0 Å². The highest BCUT2D eigenvalue weighted by Gasteiger charge is 2.16. The van der Waals surface area contributed by atoms with Gasteiger partial charge in [-0.25, -0.2) is 9.59 Å². The van der Waals surface area contributed by atoms with Gasteiger partial charge in [0.15, 0.2) is 0 Å². The van der Waals surface area contributed by atoms with Crippen LogP contribution < -0.4 is 21.3 Å². The van der Waals surface area contributed by atoms with Crippen LogP contribution in [0, 0.1) is 0 Å². The molecule has 1 fully saturated rings. The maximum atomic E-state index is 12.2. The highest BCUT2D eigenvalue weighted by atomic mass is 16.5. The summed E-state index contributed by atoms with van der Waals surface area (Å²) in [6.45, 7) is 1.96. The molecule has 1 saturated heterocycles. The average Bonchev–Trinajstić information content (AvgIpc) is 3.33. The van der Waals surface area contributed by atoms with Gasteiger partial charge in [-0.2, -0.15) is 0 Å². The van der Waals surface area contributed by atoms with E-state index in [1.807, 2.05) is 30.3 Å². The van der Waals surface area contributed by atoms with E-state index in [0.29, 0.717) is 24.5 Å². The lowest BCUT2D eigenvalue weighted by molar-refractivity contribution is -0.116. The van der Waals surface area contributed by atoms with Gasteiger partial charge in [-0.05, 0) is 42.7 Å². The zero-order chi connectivity index (χ0) is 23.5. The predicted octanol–water partition coefficient (Wildman–Crippen LogP) is 3.16. The van der Waals surface area contributed by atoms with Crippen LogP contribution in [-0.2, 0) is 16.1 Å². The van der Waals surface area contributed by atoms with Gasteiger partial charge in [-0.3, -0.25) is 4.79 Å². The number of hydrogen-bond donors (Lipinski definition) is 4. The van der Waals surface area contributed by atoms with Crippen molar-refractivity contribution in [2.75, 3.05) is 37.4 Å². The average molecular weight is 454 g/mol. The van der Waals surface area contributed by atoms with Crippen LogP contribution in [0.4, 0.5) is 21.0 Å². The Morgan fingerprint density at radius 3 is 2.33 bits per heavy atom. The van der Waals surface area contributed by atoms with Crippen molar-refractivity contribution in [3.8, 4) is 0 Å². The molecule has 0 bridgehead atoms. The van der Waals surface area contributed by atoms with Crippen LogP contribution in [0.15, 0.2) is 54.6 Å². The van der Waals surface area contributed by atoms with E-state index < -0.39 is 0 Å². The van der Waals surface area contributed by atoms with Crippen LogP contribution in [0.3, 0.4) is 0 Å². The first-order chi connectivity index (χ1) is 16.0. The third-order valence-electron chi connectivity index (χ3n) is 5.18. The van der Waals surface area contributed by atoms with Crippen molar-refractivity contribution in [1.82, 2.24) is 15.5 Å². The molecule has 4 N–H and O–H groups in total. The minimum atomic E-state index is -0.296. The zero-order valence-electron chi connectivity index (χ0n) is 18.8. The lowest BCUT2D eigenvalue weighted by atomic mass is 10.2. The number of benzene rings is 2. The van der Waals surface area contributed by atoms with Crippen molar-refractivity contribution < 1.29 is 19.1 Å².